The standard InChI is InChI=1S/C10H15N5O/c1-4-6-11-8-13-9(12-7-5-2)15-10(14-8)16-3/h4-5H,1-2,6-7H2,3H3,(H2,11,12,13,14,15). The lowest BCUT2D eigenvalue weighted by molar-refractivity contribution is 0.379. The minimum Gasteiger partial charge on any atom is -0.467 e. The number of nitrogens with zero attached hydrogens (tertiary/aromatic N) is 3. The molecule has 0 saturated heterocycles. The first-order chi connectivity index (χ1) is 7.80. The molecule has 0 unspecified atom stereocenters. The molecule has 0 aliphatic carbocycles. The maximum atomic E-state index is 4.96. The van der Waals surface area contributed by atoms with Crippen molar-refractivity contribution in [3.63, 3.8) is 0 Å². The highest BCUT2D eigenvalue weighted by Crippen LogP contribution is 2.10. The van der Waals surface area contributed by atoms with Gasteiger partial charge in [0.15, 0.2) is 0 Å². The maximum absolute atomic E-state index is 4.96. The van der Waals surface area contributed by atoms with Crippen LogP contribution in [-0.4, -0.2) is 35.2 Å². The fourth-order valence-electron chi connectivity index (χ4n) is 0.933. The van der Waals surface area contributed by atoms with Gasteiger partial charge in [0.25, 0.3) is 0 Å². The van der Waals surface area contributed by atoms with Gasteiger partial charge in [-0.05, 0) is 0 Å². The van der Waals surface area contributed by atoms with Crippen LogP contribution in [0.5, 0.6) is 6.01 Å². The van der Waals surface area contributed by atoms with Crippen molar-refractivity contribution in [2.45, 2.75) is 0 Å². The predicted octanol–water partition coefficient (Wildman–Crippen LogP) is 1.08. The van der Waals surface area contributed by atoms with Gasteiger partial charge in [0.05, 0.1) is 7.11 Å². The van der Waals surface area contributed by atoms with Gasteiger partial charge < -0.3 is 15.4 Å². The normalized spacial score (nSPS) is 9.31. The smallest absolute Gasteiger partial charge is 0.322 e. The summed E-state index contributed by atoms with van der Waals surface area (Å²) >= 11 is 0. The average molecular weight is 221 g/mol. The highest BCUT2D eigenvalue weighted by Gasteiger charge is 2.04. The Labute approximate surface area is 94.5 Å². The molecule has 0 aliphatic heterocycles. The molecule has 0 bridgehead atoms. The number of ether oxygens (including phenoxy) is 1. The van der Waals surface area contributed by atoms with Gasteiger partial charge in [0, 0.05) is 13.1 Å². The summed E-state index contributed by atoms with van der Waals surface area (Å²) in [6.07, 6.45) is 3.43. The third-order valence-corrected chi connectivity index (χ3v) is 1.61. The van der Waals surface area contributed by atoms with Gasteiger partial charge in [-0.15, -0.1) is 13.2 Å². The van der Waals surface area contributed by atoms with E-state index in [1.54, 1.807) is 12.2 Å². The van der Waals surface area contributed by atoms with E-state index in [2.05, 4.69) is 38.7 Å². The molecule has 0 amide bonds. The van der Waals surface area contributed by atoms with E-state index in [0.717, 1.165) is 0 Å². The highest BCUT2D eigenvalue weighted by molar-refractivity contribution is 5.36. The molecular formula is C10H15N5O. The molecule has 16 heavy (non-hydrogen) atoms. The summed E-state index contributed by atoms with van der Waals surface area (Å²) in [4.78, 5) is 12.2. The summed E-state index contributed by atoms with van der Waals surface area (Å²) in [6, 6.07) is 0.258. The van der Waals surface area contributed by atoms with Gasteiger partial charge in [-0.3, -0.25) is 0 Å². The van der Waals surface area contributed by atoms with Crippen LogP contribution in [0.15, 0.2) is 25.3 Å². The second-order valence-corrected chi connectivity index (χ2v) is 2.81. The van der Waals surface area contributed by atoms with Crippen LogP contribution >= 0.6 is 0 Å². The van der Waals surface area contributed by atoms with Gasteiger partial charge >= 0.3 is 6.01 Å². The zero-order valence-corrected chi connectivity index (χ0v) is 9.23. The van der Waals surface area contributed by atoms with E-state index < -0.39 is 0 Å². The fraction of sp³-hybridized carbons (Fsp3) is 0.300. The Morgan fingerprint density at radius 1 is 1.06 bits per heavy atom. The summed E-state index contributed by atoms with van der Waals surface area (Å²) in [6.45, 7) is 8.35. The largest absolute Gasteiger partial charge is 0.467 e. The van der Waals surface area contributed by atoms with Gasteiger partial charge in [0.1, 0.15) is 0 Å². The molecule has 1 heterocycles. The molecule has 1 aromatic heterocycles. The van der Waals surface area contributed by atoms with E-state index in [1.807, 2.05) is 0 Å². The first kappa shape index (κ1) is 12.0. The van der Waals surface area contributed by atoms with Crippen LogP contribution in [0.3, 0.4) is 0 Å². The Morgan fingerprint density at radius 2 is 1.56 bits per heavy atom. The maximum Gasteiger partial charge on any atom is 0.322 e. The minimum atomic E-state index is 0.258. The second kappa shape index (κ2) is 6.39. The predicted molar refractivity (Wildman–Crippen MR) is 63.8 cm³/mol. The van der Waals surface area contributed by atoms with Gasteiger partial charge in [-0.1, -0.05) is 12.2 Å². The highest BCUT2D eigenvalue weighted by atomic mass is 16.5. The van der Waals surface area contributed by atoms with E-state index in [1.165, 1.54) is 7.11 Å². The molecule has 1 rings (SSSR count). The lowest BCUT2D eigenvalue weighted by Crippen LogP contribution is -2.10. The molecule has 0 saturated carbocycles. The van der Waals surface area contributed by atoms with Crippen LogP contribution in [0, 0.1) is 0 Å². The molecule has 0 aromatic carbocycles. The molecule has 1 aromatic rings. The number of anilines is 2. The molecule has 0 radical (unpaired) electrons. The first-order valence-electron chi connectivity index (χ1n) is 4.79. The number of aromatic nitrogens is 3. The van der Waals surface area contributed by atoms with Crippen molar-refractivity contribution in [3.8, 4) is 6.01 Å². The Bertz CT molecular complexity index is 336. The zero-order chi connectivity index (χ0) is 11.8. The fourth-order valence-corrected chi connectivity index (χ4v) is 0.933. The number of methoxy groups -OCH3 is 1. The molecule has 0 fully saturated rings. The summed E-state index contributed by atoms with van der Waals surface area (Å²) in [5.74, 6) is 0.886. The molecule has 0 atom stereocenters. The monoisotopic (exact) mass is 221 g/mol. The van der Waals surface area contributed by atoms with E-state index in [9.17, 15) is 0 Å². The third kappa shape index (κ3) is 3.56. The molecule has 0 aliphatic rings. The third-order valence-electron chi connectivity index (χ3n) is 1.61. The number of nitrogens with one attached hydrogen (secondary N) is 2. The van der Waals surface area contributed by atoms with Gasteiger partial charge in [-0.2, -0.15) is 15.0 Å². The topological polar surface area (TPSA) is 72.0 Å². The van der Waals surface area contributed by atoms with Crippen LogP contribution in [0.25, 0.3) is 0 Å². The van der Waals surface area contributed by atoms with Crippen molar-refractivity contribution in [2.75, 3.05) is 30.8 Å². The van der Waals surface area contributed by atoms with E-state index in [0.29, 0.717) is 25.0 Å². The van der Waals surface area contributed by atoms with Crippen molar-refractivity contribution in [1.29, 1.82) is 0 Å². The number of rotatable bonds is 7. The van der Waals surface area contributed by atoms with E-state index in [4.69, 9.17) is 4.74 Å². The lowest BCUT2D eigenvalue weighted by atomic mass is 10.6. The van der Waals surface area contributed by atoms with Gasteiger partial charge in [0.2, 0.25) is 11.9 Å². The summed E-state index contributed by atoms with van der Waals surface area (Å²) < 4.78 is 4.96. The Balaban J connectivity index is 2.81. The first-order valence-corrected chi connectivity index (χ1v) is 4.79. The molecule has 86 valence electrons. The SMILES string of the molecule is C=CCNc1nc(NCC=C)nc(OC)n1. The van der Waals surface area contributed by atoms with Gasteiger partial charge in [-0.25, -0.2) is 0 Å². The van der Waals surface area contributed by atoms with Crippen LogP contribution < -0.4 is 15.4 Å². The van der Waals surface area contributed by atoms with E-state index >= 15 is 0 Å². The van der Waals surface area contributed by atoms with Crippen molar-refractivity contribution in [3.05, 3.63) is 25.3 Å². The molecule has 0 spiro atoms. The lowest BCUT2D eigenvalue weighted by Gasteiger charge is -2.07. The average Bonchev–Trinajstić information content (AvgIpc) is 2.33. The number of hydrogen-bond donors (Lipinski definition) is 2. The molecule has 6 nitrogen and oxygen atoms in total. The Kier molecular flexibility index (Phi) is 4.78. The molecule has 2 N–H and O–H groups in total. The van der Waals surface area contributed by atoms with Crippen LogP contribution in [0.1, 0.15) is 0 Å². The van der Waals surface area contributed by atoms with Crippen molar-refractivity contribution in [2.24, 2.45) is 0 Å². The van der Waals surface area contributed by atoms with Crippen molar-refractivity contribution < 1.29 is 4.74 Å². The van der Waals surface area contributed by atoms with Crippen molar-refractivity contribution >= 4 is 11.9 Å². The second-order valence-electron chi connectivity index (χ2n) is 2.81. The molecular weight excluding hydrogens is 206 g/mol. The van der Waals surface area contributed by atoms with Crippen LogP contribution in [-0.2, 0) is 0 Å². The van der Waals surface area contributed by atoms with Crippen molar-refractivity contribution in [1.82, 2.24) is 15.0 Å². The number of hydrogen-bond acceptors (Lipinski definition) is 6. The minimum absolute atomic E-state index is 0.258. The summed E-state index contributed by atoms with van der Waals surface area (Å²) in [5, 5.41) is 5.92. The summed E-state index contributed by atoms with van der Waals surface area (Å²) in [5.41, 5.74) is 0. The van der Waals surface area contributed by atoms with Crippen LogP contribution in [0.4, 0.5) is 11.9 Å². The Hall–Kier alpha value is -2.11. The molecule has 6 heteroatoms. The zero-order valence-electron chi connectivity index (χ0n) is 9.23. The Morgan fingerprint density at radius 3 is 1.94 bits per heavy atom. The quantitative estimate of drug-likeness (QED) is 0.671. The summed E-state index contributed by atoms with van der Waals surface area (Å²) in [7, 11) is 1.50. The van der Waals surface area contributed by atoms with E-state index in [-0.39, 0.29) is 6.01 Å². The van der Waals surface area contributed by atoms with Crippen LogP contribution in [0.2, 0.25) is 0 Å².